The topological polar surface area (TPSA) is 75.4 Å². The van der Waals surface area contributed by atoms with Crippen molar-refractivity contribution in [2.75, 3.05) is 12.3 Å². The van der Waals surface area contributed by atoms with Gasteiger partial charge in [0.15, 0.2) is 0 Å². The van der Waals surface area contributed by atoms with Crippen LogP contribution >= 0.6 is 0 Å². The minimum absolute atomic E-state index is 0.0873. The summed E-state index contributed by atoms with van der Waals surface area (Å²) in [7, 11) is 0. The van der Waals surface area contributed by atoms with Gasteiger partial charge in [0, 0.05) is 5.69 Å². The van der Waals surface area contributed by atoms with Crippen molar-refractivity contribution in [3.05, 3.63) is 65.5 Å². The number of aliphatic hydroxyl groups is 1. The number of halogens is 1. The van der Waals surface area contributed by atoms with Crippen LogP contribution in [0.4, 0.5) is 10.1 Å². The third kappa shape index (κ3) is 4.03. The van der Waals surface area contributed by atoms with Crippen molar-refractivity contribution in [2.24, 2.45) is 0 Å². The van der Waals surface area contributed by atoms with Crippen molar-refractivity contribution in [1.29, 1.82) is 0 Å². The molecular formula is C16H17FN2O2. The summed E-state index contributed by atoms with van der Waals surface area (Å²) in [5.41, 5.74) is 6.60. The molecule has 0 radical (unpaired) electrons. The molecule has 1 unspecified atom stereocenters. The molecule has 0 aromatic heterocycles. The van der Waals surface area contributed by atoms with E-state index in [9.17, 15) is 14.3 Å². The van der Waals surface area contributed by atoms with E-state index < -0.39 is 17.8 Å². The lowest BCUT2D eigenvalue weighted by Gasteiger charge is -2.16. The standard InChI is InChI=1S/C16H17FN2O2/c17-15-9-12(18)6-7-14(15)16(21)19-13(10-20)8-11-4-2-1-3-5-11/h1-7,9,13,20H,8,10,18H2,(H,19,21). The molecule has 0 spiro atoms. The molecule has 0 heterocycles. The zero-order valence-corrected chi connectivity index (χ0v) is 11.4. The third-order valence-corrected chi connectivity index (χ3v) is 3.12. The summed E-state index contributed by atoms with van der Waals surface area (Å²) in [4.78, 5) is 12.0. The Labute approximate surface area is 122 Å². The van der Waals surface area contributed by atoms with Crippen LogP contribution in [0.1, 0.15) is 15.9 Å². The van der Waals surface area contributed by atoms with Gasteiger partial charge in [-0.1, -0.05) is 30.3 Å². The Bertz CT molecular complexity index is 617. The van der Waals surface area contributed by atoms with Crippen LogP contribution in [0.5, 0.6) is 0 Å². The van der Waals surface area contributed by atoms with Gasteiger partial charge in [-0.3, -0.25) is 4.79 Å². The summed E-state index contributed by atoms with van der Waals surface area (Å²) >= 11 is 0. The highest BCUT2D eigenvalue weighted by molar-refractivity contribution is 5.95. The zero-order chi connectivity index (χ0) is 15.2. The Morgan fingerprint density at radius 1 is 1.24 bits per heavy atom. The number of aliphatic hydroxyl groups excluding tert-OH is 1. The van der Waals surface area contributed by atoms with Crippen LogP contribution in [-0.2, 0) is 6.42 Å². The SMILES string of the molecule is Nc1ccc(C(=O)NC(CO)Cc2ccccc2)c(F)c1. The molecule has 1 atom stereocenters. The number of nitrogens with two attached hydrogens (primary N) is 1. The van der Waals surface area contributed by atoms with E-state index in [1.165, 1.54) is 12.1 Å². The van der Waals surface area contributed by atoms with E-state index in [1.807, 2.05) is 30.3 Å². The van der Waals surface area contributed by atoms with Crippen LogP contribution in [-0.4, -0.2) is 23.7 Å². The van der Waals surface area contributed by atoms with E-state index in [0.717, 1.165) is 11.6 Å². The highest BCUT2D eigenvalue weighted by Crippen LogP contribution is 2.12. The number of anilines is 1. The normalized spacial score (nSPS) is 11.9. The molecule has 0 saturated heterocycles. The smallest absolute Gasteiger partial charge is 0.254 e. The molecule has 2 rings (SSSR count). The summed E-state index contributed by atoms with van der Waals surface area (Å²) in [6, 6.07) is 12.9. The van der Waals surface area contributed by atoms with Gasteiger partial charge < -0.3 is 16.2 Å². The van der Waals surface area contributed by atoms with E-state index in [0.29, 0.717) is 6.42 Å². The average molecular weight is 288 g/mol. The number of nitrogen functional groups attached to an aromatic ring is 1. The molecule has 4 N–H and O–H groups in total. The maximum absolute atomic E-state index is 13.7. The van der Waals surface area contributed by atoms with Crippen LogP contribution in [0.2, 0.25) is 0 Å². The molecule has 21 heavy (non-hydrogen) atoms. The minimum atomic E-state index is -0.677. The monoisotopic (exact) mass is 288 g/mol. The molecule has 0 bridgehead atoms. The minimum Gasteiger partial charge on any atom is -0.399 e. The highest BCUT2D eigenvalue weighted by atomic mass is 19.1. The lowest BCUT2D eigenvalue weighted by molar-refractivity contribution is 0.0912. The number of hydrogen-bond acceptors (Lipinski definition) is 3. The van der Waals surface area contributed by atoms with E-state index in [1.54, 1.807) is 0 Å². The van der Waals surface area contributed by atoms with Crippen LogP contribution < -0.4 is 11.1 Å². The summed E-state index contributed by atoms with van der Waals surface area (Å²) in [6.45, 7) is -0.225. The van der Waals surface area contributed by atoms with Gasteiger partial charge in [-0.15, -0.1) is 0 Å². The Morgan fingerprint density at radius 2 is 1.95 bits per heavy atom. The predicted molar refractivity (Wildman–Crippen MR) is 79.3 cm³/mol. The fraction of sp³-hybridized carbons (Fsp3) is 0.188. The molecule has 4 nitrogen and oxygen atoms in total. The zero-order valence-electron chi connectivity index (χ0n) is 11.4. The van der Waals surface area contributed by atoms with Gasteiger partial charge in [0.1, 0.15) is 5.82 Å². The molecule has 2 aromatic carbocycles. The second-order valence-corrected chi connectivity index (χ2v) is 4.78. The fourth-order valence-corrected chi connectivity index (χ4v) is 2.04. The van der Waals surface area contributed by atoms with Crippen LogP contribution in [0.15, 0.2) is 48.5 Å². The number of rotatable bonds is 5. The van der Waals surface area contributed by atoms with Crippen molar-refractivity contribution in [2.45, 2.75) is 12.5 Å². The van der Waals surface area contributed by atoms with Gasteiger partial charge >= 0.3 is 0 Å². The Hall–Kier alpha value is -2.40. The summed E-state index contributed by atoms with van der Waals surface area (Å²) in [6.07, 6.45) is 0.472. The Balaban J connectivity index is 2.06. The molecule has 1 amide bonds. The molecule has 110 valence electrons. The molecule has 0 aliphatic heterocycles. The van der Waals surface area contributed by atoms with Crippen LogP contribution in [0.25, 0.3) is 0 Å². The lowest BCUT2D eigenvalue weighted by Crippen LogP contribution is -2.39. The van der Waals surface area contributed by atoms with E-state index in [2.05, 4.69) is 5.32 Å². The first-order valence-electron chi connectivity index (χ1n) is 6.61. The molecule has 0 fully saturated rings. The number of carbonyl (C=O) groups excluding carboxylic acids is 1. The van der Waals surface area contributed by atoms with E-state index >= 15 is 0 Å². The second-order valence-electron chi connectivity index (χ2n) is 4.78. The average Bonchev–Trinajstić information content (AvgIpc) is 2.47. The molecule has 5 heteroatoms. The van der Waals surface area contributed by atoms with Gasteiger partial charge in [-0.25, -0.2) is 4.39 Å². The Kier molecular flexibility index (Phi) is 4.90. The first-order valence-corrected chi connectivity index (χ1v) is 6.61. The molecule has 0 aliphatic rings. The number of nitrogens with one attached hydrogen (secondary N) is 1. The maximum Gasteiger partial charge on any atom is 0.254 e. The van der Waals surface area contributed by atoms with E-state index in [-0.39, 0.29) is 17.9 Å². The first kappa shape index (κ1) is 15.0. The van der Waals surface area contributed by atoms with Gasteiger partial charge in [-0.05, 0) is 30.2 Å². The quantitative estimate of drug-likeness (QED) is 0.734. The van der Waals surface area contributed by atoms with Gasteiger partial charge in [0.2, 0.25) is 0 Å². The van der Waals surface area contributed by atoms with Crippen molar-refractivity contribution in [1.82, 2.24) is 5.32 Å². The third-order valence-electron chi connectivity index (χ3n) is 3.12. The molecule has 2 aromatic rings. The molecule has 0 saturated carbocycles. The van der Waals surface area contributed by atoms with Crippen LogP contribution in [0.3, 0.4) is 0 Å². The molecule has 0 aliphatic carbocycles. The van der Waals surface area contributed by atoms with Crippen molar-refractivity contribution in [3.63, 3.8) is 0 Å². The fourth-order valence-electron chi connectivity index (χ4n) is 2.04. The summed E-state index contributed by atoms with van der Waals surface area (Å²) in [5.74, 6) is -1.24. The first-order chi connectivity index (χ1) is 10.1. The van der Waals surface area contributed by atoms with Gasteiger partial charge in [0.05, 0.1) is 18.2 Å². The predicted octanol–water partition coefficient (Wildman–Crippen LogP) is 1.74. The lowest BCUT2D eigenvalue weighted by atomic mass is 10.1. The number of carbonyl (C=O) groups is 1. The Morgan fingerprint density at radius 3 is 2.57 bits per heavy atom. The summed E-state index contributed by atoms with van der Waals surface area (Å²) in [5, 5.41) is 12.0. The van der Waals surface area contributed by atoms with Crippen molar-refractivity contribution in [3.8, 4) is 0 Å². The van der Waals surface area contributed by atoms with Gasteiger partial charge in [-0.2, -0.15) is 0 Å². The summed E-state index contributed by atoms with van der Waals surface area (Å²) < 4.78 is 13.7. The van der Waals surface area contributed by atoms with Crippen molar-refractivity contribution < 1.29 is 14.3 Å². The largest absolute Gasteiger partial charge is 0.399 e. The highest BCUT2D eigenvalue weighted by Gasteiger charge is 2.16. The van der Waals surface area contributed by atoms with Crippen LogP contribution in [0, 0.1) is 5.82 Å². The number of amides is 1. The number of benzene rings is 2. The van der Waals surface area contributed by atoms with Crippen molar-refractivity contribution >= 4 is 11.6 Å². The van der Waals surface area contributed by atoms with Gasteiger partial charge in [0.25, 0.3) is 5.91 Å². The molecular weight excluding hydrogens is 271 g/mol. The van der Waals surface area contributed by atoms with E-state index in [4.69, 9.17) is 5.73 Å². The number of hydrogen-bond donors (Lipinski definition) is 3. The maximum atomic E-state index is 13.7. The second kappa shape index (κ2) is 6.85.